The molecule has 4 aromatic rings. The van der Waals surface area contributed by atoms with Gasteiger partial charge in [0.15, 0.2) is 11.5 Å². The number of pyridine rings is 1. The molecule has 212 valence electrons. The Hall–Kier alpha value is -3.16. The molecular formula is C28H30F3N5O3S. The predicted molar refractivity (Wildman–Crippen MR) is 147 cm³/mol. The van der Waals surface area contributed by atoms with Crippen LogP contribution in [0.15, 0.2) is 49.1 Å². The second-order valence-electron chi connectivity index (χ2n) is 9.75. The van der Waals surface area contributed by atoms with Crippen molar-refractivity contribution in [2.45, 2.75) is 32.5 Å². The summed E-state index contributed by atoms with van der Waals surface area (Å²) in [6.45, 7) is 2.76. The van der Waals surface area contributed by atoms with E-state index >= 15 is 0 Å². The average Bonchev–Trinajstić information content (AvgIpc) is 3.54. The number of methoxy groups -OCH3 is 1. The zero-order valence-corrected chi connectivity index (χ0v) is 23.5. The van der Waals surface area contributed by atoms with Crippen molar-refractivity contribution >= 4 is 22.8 Å². The summed E-state index contributed by atoms with van der Waals surface area (Å²) in [6, 6.07) is 6.25. The third-order valence-corrected chi connectivity index (χ3v) is 8.14. The van der Waals surface area contributed by atoms with Crippen molar-refractivity contribution in [3.63, 3.8) is 0 Å². The summed E-state index contributed by atoms with van der Waals surface area (Å²) in [6.07, 6.45) is 3.69. The van der Waals surface area contributed by atoms with Crippen molar-refractivity contribution in [2.24, 2.45) is 0 Å². The molecule has 0 fully saturated rings. The van der Waals surface area contributed by atoms with E-state index in [4.69, 9.17) is 14.5 Å². The number of rotatable bonds is 8. The Kier molecular flexibility index (Phi) is 8.07. The molecule has 8 nitrogen and oxygen atoms in total. The molecule has 0 spiro atoms. The van der Waals surface area contributed by atoms with Crippen LogP contribution in [0.4, 0.5) is 13.2 Å². The van der Waals surface area contributed by atoms with Gasteiger partial charge in [-0.15, -0.1) is 8.28 Å². The lowest BCUT2D eigenvalue weighted by Gasteiger charge is -2.17. The molecule has 0 saturated carbocycles. The molecule has 0 bridgehead atoms. The summed E-state index contributed by atoms with van der Waals surface area (Å²) in [7, 11) is 4.97. The minimum atomic E-state index is -4.45. The molecule has 1 aliphatic rings. The lowest BCUT2D eigenvalue weighted by atomic mass is 9.97. The lowest BCUT2D eigenvalue weighted by Crippen LogP contribution is -2.27. The number of benzene rings is 1. The number of alkyl halides is 3. The van der Waals surface area contributed by atoms with Crippen LogP contribution >= 0.6 is 0 Å². The molecule has 0 N–H and O–H groups in total. The van der Waals surface area contributed by atoms with E-state index in [2.05, 4.69) is 4.98 Å². The molecule has 1 aliphatic heterocycles. The predicted octanol–water partition coefficient (Wildman–Crippen LogP) is 5.05. The Labute approximate surface area is 233 Å². The third-order valence-electron chi connectivity index (χ3n) is 6.96. The van der Waals surface area contributed by atoms with Gasteiger partial charge >= 0.3 is 6.18 Å². The third kappa shape index (κ3) is 5.54. The number of hydrogen-bond acceptors (Lipinski definition) is 6. The molecule has 1 atom stereocenters. The molecule has 0 radical (unpaired) electrons. The fraction of sp³-hybridized carbons (Fsp3) is 0.357. The van der Waals surface area contributed by atoms with Crippen LogP contribution in [0.3, 0.4) is 0 Å². The maximum absolute atomic E-state index is 13.7. The largest absolute Gasteiger partial charge is 0.573 e. The highest BCUT2D eigenvalue weighted by molar-refractivity contribution is 7.87. The van der Waals surface area contributed by atoms with Crippen molar-refractivity contribution in [1.29, 1.82) is 0 Å². The van der Waals surface area contributed by atoms with Crippen molar-refractivity contribution in [2.75, 3.05) is 34.4 Å². The maximum atomic E-state index is 13.7. The van der Waals surface area contributed by atoms with E-state index in [0.717, 1.165) is 22.9 Å². The van der Waals surface area contributed by atoms with E-state index in [1.54, 1.807) is 37.8 Å². The Balaban J connectivity index is 1.72. The van der Waals surface area contributed by atoms with E-state index < -0.39 is 23.3 Å². The van der Waals surface area contributed by atoms with Crippen molar-refractivity contribution in [1.82, 2.24) is 22.6 Å². The van der Waals surface area contributed by atoms with E-state index in [0.29, 0.717) is 47.8 Å². The fourth-order valence-electron chi connectivity index (χ4n) is 4.91. The molecule has 0 amide bonds. The number of nitrogens with zero attached hydrogens (tertiary/aromatic N) is 5. The van der Waals surface area contributed by atoms with Crippen molar-refractivity contribution in [3.05, 3.63) is 82.7 Å². The molecule has 12 heteroatoms. The molecule has 1 aromatic carbocycles. The molecule has 0 aliphatic carbocycles. The minimum Gasteiger partial charge on any atom is -0.573 e. The normalized spacial score (nSPS) is 15.2. The zero-order chi connectivity index (χ0) is 28.6. The van der Waals surface area contributed by atoms with Gasteiger partial charge in [0.05, 0.1) is 48.7 Å². The van der Waals surface area contributed by atoms with E-state index in [9.17, 15) is 17.7 Å². The molecule has 1 unspecified atom stereocenters. The average molecular weight is 574 g/mol. The van der Waals surface area contributed by atoms with Gasteiger partial charge in [-0.3, -0.25) is 0 Å². The summed E-state index contributed by atoms with van der Waals surface area (Å²) in [5.41, 5.74) is 5.32. The van der Waals surface area contributed by atoms with Gasteiger partial charge in [0.2, 0.25) is 0 Å². The van der Waals surface area contributed by atoms with Crippen LogP contribution in [-0.4, -0.2) is 61.6 Å². The number of halogens is 3. The van der Waals surface area contributed by atoms with Crippen molar-refractivity contribution < 1.29 is 27.2 Å². The second-order valence-corrected chi connectivity index (χ2v) is 11.4. The number of fused-ring (bicyclic) bond motifs is 1. The summed E-state index contributed by atoms with van der Waals surface area (Å²) in [5.74, 6) is 0. The topological polar surface area (TPSA) is 79.9 Å². The number of hydrogen-bond donors (Lipinski definition) is 0. The first-order valence-electron chi connectivity index (χ1n) is 12.7. The van der Waals surface area contributed by atoms with Crippen LogP contribution in [0.2, 0.25) is 0 Å². The van der Waals surface area contributed by atoms with E-state index in [1.807, 2.05) is 22.7 Å². The number of ether oxygens (including phenoxy) is 2. The summed E-state index contributed by atoms with van der Waals surface area (Å²) >= 11 is -1.45. The number of imidazole rings is 2. The summed E-state index contributed by atoms with van der Waals surface area (Å²) in [4.78, 5) is 9.42. The van der Waals surface area contributed by atoms with Gasteiger partial charge in [-0.05, 0) is 47.7 Å². The second kappa shape index (κ2) is 11.4. The van der Waals surface area contributed by atoms with Gasteiger partial charge in [-0.1, -0.05) is 18.2 Å². The highest BCUT2D eigenvalue weighted by atomic mass is 32.2. The van der Waals surface area contributed by atoms with E-state index in [-0.39, 0.29) is 18.6 Å². The maximum Gasteiger partial charge on any atom is 0.416 e. The standard InChI is InChI=1S/C28H30F3N5O3S/c1-18-20(6-5-7-23(18)28(29,30)31)13-26-25(16-38-4)33-27-22(24-15-35(17-32-24)40(37)34(2)3)12-21(14-36(26)27)19-8-10-39-11-9-19/h5-8,12,14-15,17H,9-11,13,16H2,1-4H3. The molecule has 40 heavy (non-hydrogen) atoms. The Morgan fingerprint density at radius 2 is 2.02 bits per heavy atom. The van der Waals surface area contributed by atoms with Crippen LogP contribution in [0.25, 0.3) is 22.5 Å². The van der Waals surface area contributed by atoms with Crippen molar-refractivity contribution in [3.8, 4) is 11.3 Å². The van der Waals surface area contributed by atoms with Crippen LogP contribution in [0.5, 0.6) is 0 Å². The highest BCUT2D eigenvalue weighted by Gasteiger charge is 2.33. The highest BCUT2D eigenvalue weighted by Crippen LogP contribution is 2.35. The quantitative estimate of drug-likeness (QED) is 0.275. The Bertz CT molecular complexity index is 1560. The summed E-state index contributed by atoms with van der Waals surface area (Å²) in [5, 5.41) is 0. The minimum absolute atomic E-state index is 0.180. The van der Waals surface area contributed by atoms with E-state index in [1.165, 1.54) is 23.3 Å². The zero-order valence-electron chi connectivity index (χ0n) is 22.7. The molecule has 5 rings (SSSR count). The van der Waals surface area contributed by atoms with Gasteiger partial charge in [-0.25, -0.2) is 9.97 Å². The monoisotopic (exact) mass is 573 g/mol. The lowest BCUT2D eigenvalue weighted by molar-refractivity contribution is -0.138. The Morgan fingerprint density at radius 1 is 1.23 bits per heavy atom. The summed E-state index contributed by atoms with van der Waals surface area (Å²) < 4.78 is 69.7. The smallest absolute Gasteiger partial charge is 0.416 e. The first kappa shape index (κ1) is 28.4. The molecule has 3 aromatic heterocycles. The molecule has 0 saturated heterocycles. The van der Waals surface area contributed by atoms with Gasteiger partial charge < -0.3 is 18.4 Å². The number of aromatic nitrogens is 4. The van der Waals surface area contributed by atoms with Gasteiger partial charge in [0, 0.05) is 39.4 Å². The van der Waals surface area contributed by atoms with Crippen LogP contribution in [-0.2, 0) is 40.2 Å². The first-order chi connectivity index (χ1) is 19.1. The van der Waals surface area contributed by atoms with Gasteiger partial charge in [0.1, 0.15) is 12.0 Å². The first-order valence-corrected chi connectivity index (χ1v) is 13.7. The Morgan fingerprint density at radius 3 is 2.70 bits per heavy atom. The van der Waals surface area contributed by atoms with Crippen LogP contribution in [0, 0.1) is 6.92 Å². The van der Waals surface area contributed by atoms with Crippen LogP contribution in [0.1, 0.15) is 40.1 Å². The van der Waals surface area contributed by atoms with Gasteiger partial charge in [-0.2, -0.15) is 13.2 Å². The molecule has 4 heterocycles. The molecular weight excluding hydrogens is 543 g/mol. The van der Waals surface area contributed by atoms with Crippen LogP contribution < -0.4 is 0 Å². The van der Waals surface area contributed by atoms with Gasteiger partial charge in [0.25, 0.3) is 0 Å². The SMILES string of the molecule is COCc1nc2c(-c3cn([S+]([O-])N(C)C)cn3)cc(C3=CCOCC3)cn2c1Cc1cccc(C(F)(F)F)c1C. The fourth-order valence-corrected chi connectivity index (χ4v) is 5.61.